The number of nitrogens with one attached hydrogen (secondary N) is 1. The number of carbonyl (C=O) groups is 1. The standard InChI is InChI=1S/C16H13ClN2O2/c1-9-6-7-10(17)8-12(9)15-18-13-5-3-4-11(14(13)19-15)16(20)21-2/h3-8H,1-2H3,(H,18,19). The fraction of sp³-hybridized carbons (Fsp3) is 0.125. The van der Waals surface area contributed by atoms with E-state index >= 15 is 0 Å². The minimum absolute atomic E-state index is 0.401. The van der Waals surface area contributed by atoms with E-state index in [1.807, 2.05) is 31.2 Å². The van der Waals surface area contributed by atoms with Gasteiger partial charge in [0, 0.05) is 10.6 Å². The lowest BCUT2D eigenvalue weighted by Gasteiger charge is -2.02. The summed E-state index contributed by atoms with van der Waals surface area (Å²) < 4.78 is 4.79. The highest BCUT2D eigenvalue weighted by molar-refractivity contribution is 6.30. The number of hydrogen-bond donors (Lipinski definition) is 1. The van der Waals surface area contributed by atoms with Crippen LogP contribution in [0.3, 0.4) is 0 Å². The number of nitrogens with zero attached hydrogens (tertiary/aromatic N) is 1. The van der Waals surface area contributed by atoms with Crippen LogP contribution in [0.2, 0.25) is 5.02 Å². The Morgan fingerprint density at radius 1 is 1.29 bits per heavy atom. The second kappa shape index (κ2) is 5.22. The highest BCUT2D eigenvalue weighted by atomic mass is 35.5. The van der Waals surface area contributed by atoms with Crippen molar-refractivity contribution in [2.75, 3.05) is 7.11 Å². The number of aromatic amines is 1. The van der Waals surface area contributed by atoms with Crippen molar-refractivity contribution >= 4 is 28.6 Å². The van der Waals surface area contributed by atoms with Gasteiger partial charge < -0.3 is 9.72 Å². The summed E-state index contributed by atoms with van der Waals surface area (Å²) in [5.74, 6) is 0.280. The first-order valence-corrected chi connectivity index (χ1v) is 6.81. The number of aryl methyl sites for hydroxylation is 1. The van der Waals surface area contributed by atoms with Crippen LogP contribution in [-0.4, -0.2) is 23.0 Å². The molecule has 3 aromatic rings. The van der Waals surface area contributed by atoms with Crippen molar-refractivity contribution in [1.82, 2.24) is 9.97 Å². The highest BCUT2D eigenvalue weighted by Gasteiger charge is 2.15. The van der Waals surface area contributed by atoms with Gasteiger partial charge in [-0.05, 0) is 36.8 Å². The minimum Gasteiger partial charge on any atom is -0.465 e. The fourth-order valence-corrected chi connectivity index (χ4v) is 2.46. The molecule has 1 heterocycles. The van der Waals surface area contributed by atoms with Gasteiger partial charge in [-0.2, -0.15) is 0 Å². The van der Waals surface area contributed by atoms with Crippen LogP contribution in [-0.2, 0) is 4.74 Å². The number of methoxy groups -OCH3 is 1. The van der Waals surface area contributed by atoms with Gasteiger partial charge in [0.15, 0.2) is 0 Å². The molecule has 0 amide bonds. The number of para-hydroxylation sites is 1. The Bertz CT molecular complexity index is 839. The van der Waals surface area contributed by atoms with Crippen LogP contribution in [0.5, 0.6) is 0 Å². The molecule has 0 spiro atoms. The lowest BCUT2D eigenvalue weighted by atomic mass is 10.1. The van der Waals surface area contributed by atoms with Crippen molar-refractivity contribution in [1.29, 1.82) is 0 Å². The van der Waals surface area contributed by atoms with Gasteiger partial charge in [-0.15, -0.1) is 0 Å². The molecule has 1 aromatic heterocycles. The molecule has 5 heteroatoms. The van der Waals surface area contributed by atoms with E-state index in [0.29, 0.717) is 21.9 Å². The zero-order valence-electron chi connectivity index (χ0n) is 11.6. The predicted octanol–water partition coefficient (Wildman–Crippen LogP) is 3.98. The smallest absolute Gasteiger partial charge is 0.340 e. The van der Waals surface area contributed by atoms with E-state index in [4.69, 9.17) is 16.3 Å². The zero-order chi connectivity index (χ0) is 15.0. The van der Waals surface area contributed by atoms with E-state index < -0.39 is 5.97 Å². The molecule has 1 N–H and O–H groups in total. The molecule has 0 saturated carbocycles. The molecule has 0 bridgehead atoms. The number of fused-ring (bicyclic) bond motifs is 1. The third kappa shape index (κ3) is 2.38. The van der Waals surface area contributed by atoms with Crippen molar-refractivity contribution in [3.8, 4) is 11.4 Å². The van der Waals surface area contributed by atoms with E-state index in [-0.39, 0.29) is 0 Å². The Balaban J connectivity index is 2.22. The molecule has 0 aliphatic rings. The van der Waals surface area contributed by atoms with E-state index in [0.717, 1.165) is 16.6 Å². The number of rotatable bonds is 2. The van der Waals surface area contributed by atoms with Crippen molar-refractivity contribution < 1.29 is 9.53 Å². The lowest BCUT2D eigenvalue weighted by Crippen LogP contribution is -2.01. The third-order valence-electron chi connectivity index (χ3n) is 3.37. The van der Waals surface area contributed by atoms with Gasteiger partial charge in [-0.1, -0.05) is 23.7 Å². The van der Waals surface area contributed by atoms with Crippen LogP contribution in [0.15, 0.2) is 36.4 Å². The Hall–Kier alpha value is -2.33. The Kier molecular flexibility index (Phi) is 3.39. The summed E-state index contributed by atoms with van der Waals surface area (Å²) in [5, 5.41) is 0.643. The molecule has 0 atom stereocenters. The summed E-state index contributed by atoms with van der Waals surface area (Å²) in [6.45, 7) is 1.99. The summed E-state index contributed by atoms with van der Waals surface area (Å²) in [4.78, 5) is 19.6. The van der Waals surface area contributed by atoms with Crippen LogP contribution in [0.1, 0.15) is 15.9 Å². The van der Waals surface area contributed by atoms with Gasteiger partial charge in [0.25, 0.3) is 0 Å². The van der Waals surface area contributed by atoms with Gasteiger partial charge in [0.05, 0.1) is 18.2 Å². The van der Waals surface area contributed by atoms with E-state index in [1.54, 1.807) is 12.1 Å². The van der Waals surface area contributed by atoms with Crippen LogP contribution in [0.4, 0.5) is 0 Å². The number of ether oxygens (including phenoxy) is 1. The minimum atomic E-state index is -0.401. The van der Waals surface area contributed by atoms with E-state index in [2.05, 4.69) is 9.97 Å². The Morgan fingerprint density at radius 3 is 2.86 bits per heavy atom. The first-order valence-electron chi connectivity index (χ1n) is 6.43. The number of benzene rings is 2. The van der Waals surface area contributed by atoms with Gasteiger partial charge in [0.1, 0.15) is 11.3 Å². The normalized spacial score (nSPS) is 10.8. The van der Waals surface area contributed by atoms with Gasteiger partial charge >= 0.3 is 5.97 Å². The number of aromatic nitrogens is 2. The third-order valence-corrected chi connectivity index (χ3v) is 3.61. The maximum absolute atomic E-state index is 11.8. The first kappa shape index (κ1) is 13.6. The quantitative estimate of drug-likeness (QED) is 0.728. The van der Waals surface area contributed by atoms with Gasteiger partial charge in [-0.25, -0.2) is 9.78 Å². The largest absolute Gasteiger partial charge is 0.465 e. The monoisotopic (exact) mass is 300 g/mol. The van der Waals surface area contributed by atoms with Crippen molar-refractivity contribution in [3.63, 3.8) is 0 Å². The van der Waals surface area contributed by atoms with Gasteiger partial charge in [-0.3, -0.25) is 0 Å². The van der Waals surface area contributed by atoms with Crippen LogP contribution >= 0.6 is 11.6 Å². The molecule has 4 nitrogen and oxygen atoms in total. The summed E-state index contributed by atoms with van der Waals surface area (Å²) >= 11 is 6.05. The molecule has 0 saturated heterocycles. The SMILES string of the molecule is COC(=O)c1cccc2[nH]c(-c3cc(Cl)ccc3C)nc12. The second-order valence-corrected chi connectivity index (χ2v) is 5.17. The molecule has 0 radical (unpaired) electrons. The van der Waals surface area contributed by atoms with Crippen LogP contribution in [0.25, 0.3) is 22.4 Å². The van der Waals surface area contributed by atoms with Crippen molar-refractivity contribution in [2.24, 2.45) is 0 Å². The molecule has 0 unspecified atom stereocenters. The second-order valence-electron chi connectivity index (χ2n) is 4.74. The average Bonchev–Trinajstić information content (AvgIpc) is 2.92. The van der Waals surface area contributed by atoms with Crippen molar-refractivity contribution in [3.05, 3.63) is 52.5 Å². The Morgan fingerprint density at radius 2 is 2.10 bits per heavy atom. The summed E-state index contributed by atoms with van der Waals surface area (Å²) in [6, 6.07) is 11.0. The number of halogens is 1. The van der Waals surface area contributed by atoms with Crippen LogP contribution < -0.4 is 0 Å². The molecular formula is C16H13ClN2O2. The van der Waals surface area contributed by atoms with Crippen molar-refractivity contribution in [2.45, 2.75) is 6.92 Å². The first-order chi connectivity index (χ1) is 10.1. The molecule has 0 aliphatic heterocycles. The maximum atomic E-state index is 11.8. The fourth-order valence-electron chi connectivity index (χ4n) is 2.28. The maximum Gasteiger partial charge on any atom is 0.340 e. The lowest BCUT2D eigenvalue weighted by molar-refractivity contribution is 0.0603. The number of carbonyl (C=O) groups excluding carboxylic acids is 1. The zero-order valence-corrected chi connectivity index (χ0v) is 12.4. The van der Waals surface area contributed by atoms with Crippen LogP contribution in [0, 0.1) is 6.92 Å². The summed E-state index contributed by atoms with van der Waals surface area (Å²) in [5.41, 5.74) is 3.79. The highest BCUT2D eigenvalue weighted by Crippen LogP contribution is 2.27. The topological polar surface area (TPSA) is 55.0 Å². The molecule has 106 valence electrons. The van der Waals surface area contributed by atoms with E-state index in [1.165, 1.54) is 7.11 Å². The molecule has 0 aliphatic carbocycles. The molecular weight excluding hydrogens is 288 g/mol. The predicted molar refractivity (Wildman–Crippen MR) is 82.6 cm³/mol. The number of hydrogen-bond acceptors (Lipinski definition) is 3. The van der Waals surface area contributed by atoms with E-state index in [9.17, 15) is 4.79 Å². The average molecular weight is 301 g/mol. The summed E-state index contributed by atoms with van der Waals surface area (Å²) in [6.07, 6.45) is 0. The number of imidazole rings is 1. The molecule has 21 heavy (non-hydrogen) atoms. The Labute approximate surface area is 126 Å². The van der Waals surface area contributed by atoms with Gasteiger partial charge in [0.2, 0.25) is 0 Å². The number of esters is 1. The molecule has 0 fully saturated rings. The number of H-pyrrole nitrogens is 1. The molecule has 3 rings (SSSR count). The molecule has 2 aromatic carbocycles. The summed E-state index contributed by atoms with van der Waals surface area (Å²) in [7, 11) is 1.36.